The number of hydrogen-bond acceptors (Lipinski definition) is 10. The maximum absolute atomic E-state index is 13.4. The Balaban J connectivity index is 1.41. The zero-order chi connectivity index (χ0) is 30.9. The molecule has 1 atom stereocenters. The van der Waals surface area contributed by atoms with Crippen LogP contribution in [0, 0.1) is 6.92 Å². The highest BCUT2D eigenvalue weighted by Crippen LogP contribution is 2.33. The number of tetrazole rings is 1. The Labute approximate surface area is 253 Å². The normalized spacial score (nSPS) is 16.2. The molecule has 14 heteroatoms. The van der Waals surface area contributed by atoms with E-state index in [2.05, 4.69) is 31.1 Å². The van der Waals surface area contributed by atoms with Crippen molar-refractivity contribution in [2.24, 2.45) is 0 Å². The van der Waals surface area contributed by atoms with E-state index < -0.39 is 11.9 Å². The number of hydrogen-bond donors (Lipinski definition) is 2. The first-order valence-electron chi connectivity index (χ1n) is 14.3. The van der Waals surface area contributed by atoms with Gasteiger partial charge in [0.15, 0.2) is 11.5 Å². The van der Waals surface area contributed by atoms with Gasteiger partial charge in [-0.25, -0.2) is 9.67 Å². The molecule has 4 aromatic rings. The van der Waals surface area contributed by atoms with Crippen molar-refractivity contribution in [1.82, 2.24) is 40.7 Å². The van der Waals surface area contributed by atoms with Crippen LogP contribution in [0.15, 0.2) is 59.3 Å². The molecule has 0 saturated heterocycles. The molecule has 14 nitrogen and oxygen atoms in total. The predicted molar refractivity (Wildman–Crippen MR) is 156 cm³/mol. The Bertz CT molecular complexity index is 1570. The van der Waals surface area contributed by atoms with Crippen molar-refractivity contribution in [3.63, 3.8) is 0 Å². The average Bonchev–Trinajstić information content (AvgIpc) is 3.69. The van der Waals surface area contributed by atoms with Crippen LogP contribution >= 0.6 is 0 Å². The van der Waals surface area contributed by atoms with E-state index in [4.69, 9.17) is 13.9 Å². The van der Waals surface area contributed by atoms with Crippen LogP contribution in [0.3, 0.4) is 0 Å². The average molecular weight is 603 g/mol. The molecular formula is C30H34N8O6. The van der Waals surface area contributed by atoms with Crippen molar-refractivity contribution >= 4 is 17.7 Å². The van der Waals surface area contributed by atoms with Gasteiger partial charge in [0.05, 0.1) is 33.4 Å². The van der Waals surface area contributed by atoms with Crippen LogP contribution in [-0.4, -0.2) is 80.7 Å². The summed E-state index contributed by atoms with van der Waals surface area (Å²) in [7, 11) is 1.55. The summed E-state index contributed by atoms with van der Waals surface area (Å²) in [6.07, 6.45) is 2.19. The van der Waals surface area contributed by atoms with Gasteiger partial charge in [0, 0.05) is 24.9 Å². The van der Waals surface area contributed by atoms with Crippen LogP contribution in [0.2, 0.25) is 0 Å². The first-order valence-corrected chi connectivity index (χ1v) is 14.3. The lowest BCUT2D eigenvalue weighted by atomic mass is 10.1. The third kappa shape index (κ3) is 7.76. The molecule has 1 aliphatic rings. The maximum Gasteiger partial charge on any atom is 0.243 e. The Morgan fingerprint density at radius 1 is 1.16 bits per heavy atom. The number of fused-ring (bicyclic) bond motifs is 5. The molecule has 3 heterocycles. The topological polar surface area (TPSA) is 167 Å². The molecule has 0 fully saturated rings. The molecule has 3 amide bonds. The van der Waals surface area contributed by atoms with Crippen molar-refractivity contribution in [2.45, 2.75) is 45.3 Å². The number of methoxy groups -OCH3 is 1. The summed E-state index contributed by atoms with van der Waals surface area (Å²) in [5.41, 5.74) is 2.10. The Morgan fingerprint density at radius 2 is 2.00 bits per heavy atom. The van der Waals surface area contributed by atoms with Crippen molar-refractivity contribution in [3.8, 4) is 23.0 Å². The Hall–Kier alpha value is -5.27. The molecule has 0 saturated carbocycles. The minimum Gasteiger partial charge on any atom is -0.493 e. The number of nitrogens with zero attached hydrogens (tertiary/aromatic N) is 6. The van der Waals surface area contributed by atoms with Crippen molar-refractivity contribution < 1.29 is 28.3 Å². The molecule has 4 bridgehead atoms. The van der Waals surface area contributed by atoms with E-state index in [-0.39, 0.29) is 57.4 Å². The summed E-state index contributed by atoms with van der Waals surface area (Å²) in [6, 6.07) is 13.8. The largest absolute Gasteiger partial charge is 0.493 e. The number of oxazole rings is 1. The first kappa shape index (κ1) is 30.2. The number of aryl methyl sites for hydroxylation is 2. The van der Waals surface area contributed by atoms with Crippen LogP contribution in [0.25, 0.3) is 11.5 Å². The molecule has 5 rings (SSSR count). The van der Waals surface area contributed by atoms with Crippen LogP contribution < -0.4 is 20.1 Å². The monoisotopic (exact) mass is 602 g/mol. The lowest BCUT2D eigenvalue weighted by Gasteiger charge is -2.24. The first-order chi connectivity index (χ1) is 21.4. The Morgan fingerprint density at radius 3 is 2.77 bits per heavy atom. The van der Waals surface area contributed by atoms with Crippen LogP contribution in [0.4, 0.5) is 0 Å². The molecule has 2 aromatic heterocycles. The van der Waals surface area contributed by atoms with Gasteiger partial charge in [0.2, 0.25) is 23.6 Å². The Kier molecular flexibility index (Phi) is 9.79. The molecule has 230 valence electrons. The summed E-state index contributed by atoms with van der Waals surface area (Å²) in [6.45, 7) is 2.36. The minimum atomic E-state index is -0.888. The van der Waals surface area contributed by atoms with Gasteiger partial charge in [-0.2, -0.15) is 0 Å². The summed E-state index contributed by atoms with van der Waals surface area (Å²) in [4.78, 5) is 46.1. The van der Waals surface area contributed by atoms with Gasteiger partial charge in [0.25, 0.3) is 0 Å². The highest BCUT2D eigenvalue weighted by atomic mass is 16.5. The van der Waals surface area contributed by atoms with Gasteiger partial charge in [-0.3, -0.25) is 14.4 Å². The second-order valence-electron chi connectivity index (χ2n) is 10.3. The quantitative estimate of drug-likeness (QED) is 0.332. The second kappa shape index (κ2) is 14.3. The second-order valence-corrected chi connectivity index (χ2v) is 10.3. The van der Waals surface area contributed by atoms with Gasteiger partial charge >= 0.3 is 0 Å². The highest BCUT2D eigenvalue weighted by Gasteiger charge is 2.25. The van der Waals surface area contributed by atoms with Crippen molar-refractivity contribution in [3.05, 3.63) is 71.9 Å². The molecule has 0 aliphatic carbocycles. The number of nitrogens with one attached hydrogen (secondary N) is 2. The minimum absolute atomic E-state index is 0.0829. The fourth-order valence-corrected chi connectivity index (χ4v) is 4.78. The maximum atomic E-state index is 13.4. The lowest BCUT2D eigenvalue weighted by molar-refractivity contribution is -0.137. The molecule has 2 N–H and O–H groups in total. The molecule has 2 aromatic carbocycles. The SMILES string of the molecule is COc1ccc2cc1OCCCN(C(=O)CCn1cnnn1)CC(=O)N[C@H](Cc1ccccc1)C(=O)NCc1nc-2oc1C. The van der Waals surface area contributed by atoms with E-state index in [1.54, 1.807) is 26.2 Å². The van der Waals surface area contributed by atoms with Gasteiger partial charge < -0.3 is 29.4 Å². The molecule has 0 unspecified atom stereocenters. The molecule has 44 heavy (non-hydrogen) atoms. The van der Waals surface area contributed by atoms with Gasteiger partial charge in [-0.1, -0.05) is 30.3 Å². The number of aromatic nitrogens is 5. The summed E-state index contributed by atoms with van der Waals surface area (Å²) in [5.74, 6) is 0.816. The molecular weight excluding hydrogens is 568 g/mol. The number of amides is 3. The van der Waals surface area contributed by atoms with Crippen LogP contribution in [0.5, 0.6) is 11.5 Å². The highest BCUT2D eigenvalue weighted by molar-refractivity contribution is 5.90. The number of carbonyl (C=O) groups excluding carboxylic acids is 3. The third-order valence-electron chi connectivity index (χ3n) is 7.13. The molecule has 1 aliphatic heterocycles. The third-order valence-corrected chi connectivity index (χ3v) is 7.13. The zero-order valence-electron chi connectivity index (χ0n) is 24.6. The summed E-state index contributed by atoms with van der Waals surface area (Å²) < 4.78 is 18.9. The zero-order valence-corrected chi connectivity index (χ0v) is 24.6. The van der Waals surface area contributed by atoms with E-state index in [0.29, 0.717) is 40.8 Å². The molecule has 0 spiro atoms. The number of rotatable bonds is 6. The van der Waals surface area contributed by atoms with Crippen molar-refractivity contribution in [2.75, 3.05) is 26.8 Å². The smallest absolute Gasteiger partial charge is 0.243 e. The fraction of sp³-hybridized carbons (Fsp3) is 0.367. The van der Waals surface area contributed by atoms with Crippen LogP contribution in [0.1, 0.15) is 29.9 Å². The van der Waals surface area contributed by atoms with Gasteiger partial charge in [-0.05, 0) is 47.5 Å². The van der Waals surface area contributed by atoms with Crippen molar-refractivity contribution in [1.29, 1.82) is 0 Å². The van der Waals surface area contributed by atoms with E-state index in [1.807, 2.05) is 36.4 Å². The summed E-state index contributed by atoms with van der Waals surface area (Å²) >= 11 is 0. The number of carbonyl (C=O) groups is 3. The van der Waals surface area contributed by atoms with E-state index in [0.717, 1.165) is 5.56 Å². The van der Waals surface area contributed by atoms with Gasteiger partial charge in [0.1, 0.15) is 23.8 Å². The van der Waals surface area contributed by atoms with E-state index in [1.165, 1.54) is 15.9 Å². The molecule has 0 radical (unpaired) electrons. The number of benzene rings is 2. The van der Waals surface area contributed by atoms with E-state index in [9.17, 15) is 14.4 Å². The van der Waals surface area contributed by atoms with E-state index >= 15 is 0 Å². The lowest BCUT2D eigenvalue weighted by Crippen LogP contribution is -2.51. The predicted octanol–water partition coefficient (Wildman–Crippen LogP) is 1.69. The standard InChI is InChI=1S/C30H34N8O6/c1-20-24-17-31-29(41)23(15-21-7-4-3-5-8-21)33-27(39)18-37(28(40)11-13-38-19-32-35-36-38)12-6-14-43-26-16-22(30(34-24)44-20)9-10-25(26)42-2/h3-5,7-10,16,19,23H,6,11-15,17-18H2,1-2H3,(H,31,41)(H,33,39)/t23-/m1/s1. The summed E-state index contributed by atoms with van der Waals surface area (Å²) in [5, 5.41) is 16.7. The number of ether oxygens (including phenoxy) is 2. The van der Waals surface area contributed by atoms with Gasteiger partial charge in [-0.15, -0.1) is 5.10 Å². The fourth-order valence-electron chi connectivity index (χ4n) is 4.78. The van der Waals surface area contributed by atoms with Crippen LogP contribution in [-0.2, 0) is 33.9 Å².